The third-order valence-corrected chi connectivity index (χ3v) is 6.45. The zero-order chi connectivity index (χ0) is 16.7. The Morgan fingerprint density at radius 3 is 2.30 bits per heavy atom. The molecular weight excluding hydrogens is 330 g/mol. The second-order valence-electron chi connectivity index (χ2n) is 5.17. The zero-order valence-electron chi connectivity index (χ0n) is 13.6. The molecule has 0 fully saturated rings. The SMILES string of the molecule is CCN(CC)S(=O)(=O)c1ccc(COCCc2ccsc2)cc1. The third-order valence-electron chi connectivity index (χ3n) is 3.65. The molecule has 0 atom stereocenters. The van der Waals surface area contributed by atoms with E-state index in [0.717, 1.165) is 12.0 Å². The van der Waals surface area contributed by atoms with E-state index >= 15 is 0 Å². The van der Waals surface area contributed by atoms with Crippen molar-refractivity contribution < 1.29 is 13.2 Å². The van der Waals surface area contributed by atoms with Gasteiger partial charge in [0.2, 0.25) is 10.0 Å². The summed E-state index contributed by atoms with van der Waals surface area (Å²) in [5.41, 5.74) is 2.27. The fraction of sp³-hybridized carbons (Fsp3) is 0.412. The van der Waals surface area contributed by atoms with E-state index in [0.29, 0.717) is 31.2 Å². The van der Waals surface area contributed by atoms with Gasteiger partial charge >= 0.3 is 0 Å². The molecule has 2 rings (SSSR count). The highest BCUT2D eigenvalue weighted by Crippen LogP contribution is 2.16. The second-order valence-corrected chi connectivity index (χ2v) is 7.89. The van der Waals surface area contributed by atoms with Crippen molar-refractivity contribution in [2.24, 2.45) is 0 Å². The van der Waals surface area contributed by atoms with E-state index in [-0.39, 0.29) is 0 Å². The van der Waals surface area contributed by atoms with Gasteiger partial charge in [-0.2, -0.15) is 15.6 Å². The Balaban J connectivity index is 1.89. The van der Waals surface area contributed by atoms with Gasteiger partial charge in [-0.25, -0.2) is 8.42 Å². The minimum absolute atomic E-state index is 0.336. The number of nitrogens with zero attached hydrogens (tertiary/aromatic N) is 1. The summed E-state index contributed by atoms with van der Waals surface area (Å²) in [6.07, 6.45) is 0.901. The molecular formula is C17H23NO3S2. The lowest BCUT2D eigenvalue weighted by atomic mass is 10.2. The minimum Gasteiger partial charge on any atom is -0.376 e. The Labute approximate surface area is 142 Å². The maximum Gasteiger partial charge on any atom is 0.243 e. The van der Waals surface area contributed by atoms with Crippen LogP contribution in [0.1, 0.15) is 25.0 Å². The van der Waals surface area contributed by atoms with Crippen molar-refractivity contribution in [1.82, 2.24) is 4.31 Å². The van der Waals surface area contributed by atoms with Gasteiger partial charge < -0.3 is 4.74 Å². The van der Waals surface area contributed by atoms with Gasteiger partial charge in [0, 0.05) is 13.1 Å². The maximum absolute atomic E-state index is 12.4. The molecule has 0 saturated carbocycles. The summed E-state index contributed by atoms with van der Waals surface area (Å²) in [5.74, 6) is 0. The molecule has 0 aliphatic carbocycles. The van der Waals surface area contributed by atoms with Gasteiger partial charge in [-0.05, 0) is 46.5 Å². The molecule has 0 aliphatic heterocycles. The quantitative estimate of drug-likeness (QED) is 0.648. The summed E-state index contributed by atoms with van der Waals surface area (Å²) in [5, 5.41) is 4.18. The minimum atomic E-state index is -3.38. The molecule has 126 valence electrons. The van der Waals surface area contributed by atoms with Gasteiger partial charge in [-0.15, -0.1) is 0 Å². The van der Waals surface area contributed by atoms with E-state index in [9.17, 15) is 8.42 Å². The molecule has 4 nitrogen and oxygen atoms in total. The Kier molecular flexibility index (Phi) is 6.77. The maximum atomic E-state index is 12.4. The summed E-state index contributed by atoms with van der Waals surface area (Å²) in [6, 6.07) is 9.05. The first-order valence-corrected chi connectivity index (χ1v) is 10.1. The first kappa shape index (κ1) is 18.1. The molecule has 1 aromatic carbocycles. The first-order valence-electron chi connectivity index (χ1n) is 7.75. The van der Waals surface area contributed by atoms with Gasteiger partial charge in [0.15, 0.2) is 0 Å². The van der Waals surface area contributed by atoms with Crippen LogP contribution in [0.3, 0.4) is 0 Å². The summed E-state index contributed by atoms with van der Waals surface area (Å²) < 4.78 is 31.9. The van der Waals surface area contributed by atoms with Crippen molar-refractivity contribution in [3.8, 4) is 0 Å². The van der Waals surface area contributed by atoms with E-state index in [4.69, 9.17) is 4.74 Å². The van der Waals surface area contributed by atoms with E-state index in [2.05, 4.69) is 16.8 Å². The second kappa shape index (κ2) is 8.59. The van der Waals surface area contributed by atoms with Crippen molar-refractivity contribution in [2.45, 2.75) is 31.8 Å². The lowest BCUT2D eigenvalue weighted by Crippen LogP contribution is -2.30. The summed E-state index contributed by atoms with van der Waals surface area (Å²) in [7, 11) is -3.38. The molecule has 0 N–H and O–H groups in total. The van der Waals surface area contributed by atoms with Crippen LogP contribution in [0.2, 0.25) is 0 Å². The Bertz CT molecular complexity index is 675. The molecule has 0 radical (unpaired) electrons. The van der Waals surface area contributed by atoms with Crippen LogP contribution in [0, 0.1) is 0 Å². The predicted octanol–water partition coefficient (Wildman–Crippen LogP) is 3.54. The van der Waals surface area contributed by atoms with Gasteiger partial charge in [0.1, 0.15) is 0 Å². The lowest BCUT2D eigenvalue weighted by molar-refractivity contribution is 0.124. The van der Waals surface area contributed by atoms with Crippen molar-refractivity contribution in [3.05, 3.63) is 52.2 Å². The third kappa shape index (κ3) is 4.88. The molecule has 2 aromatic rings. The average molecular weight is 354 g/mol. The lowest BCUT2D eigenvalue weighted by Gasteiger charge is -2.18. The number of thiophene rings is 1. The highest BCUT2D eigenvalue weighted by atomic mass is 32.2. The van der Waals surface area contributed by atoms with Gasteiger partial charge in [0.25, 0.3) is 0 Å². The van der Waals surface area contributed by atoms with Crippen LogP contribution in [0.25, 0.3) is 0 Å². The number of sulfonamides is 1. The highest BCUT2D eigenvalue weighted by molar-refractivity contribution is 7.89. The molecule has 6 heteroatoms. The molecule has 0 unspecified atom stereocenters. The summed E-state index contributed by atoms with van der Waals surface area (Å²) in [4.78, 5) is 0.336. The summed E-state index contributed by atoms with van der Waals surface area (Å²) in [6.45, 7) is 5.80. The van der Waals surface area contributed by atoms with Crippen LogP contribution in [0.4, 0.5) is 0 Å². The number of hydrogen-bond acceptors (Lipinski definition) is 4. The van der Waals surface area contributed by atoms with Crippen LogP contribution in [0.15, 0.2) is 46.0 Å². The molecule has 1 heterocycles. The van der Waals surface area contributed by atoms with Gasteiger partial charge in [-0.3, -0.25) is 0 Å². The molecule has 0 aliphatic rings. The highest BCUT2D eigenvalue weighted by Gasteiger charge is 2.20. The van der Waals surface area contributed by atoms with Crippen LogP contribution < -0.4 is 0 Å². The van der Waals surface area contributed by atoms with E-state index in [1.165, 1.54) is 9.87 Å². The van der Waals surface area contributed by atoms with Crippen LogP contribution >= 0.6 is 11.3 Å². The first-order chi connectivity index (χ1) is 11.1. The predicted molar refractivity (Wildman–Crippen MR) is 94.2 cm³/mol. The fourth-order valence-electron chi connectivity index (χ4n) is 2.29. The average Bonchev–Trinajstić information content (AvgIpc) is 3.06. The largest absolute Gasteiger partial charge is 0.376 e. The smallest absolute Gasteiger partial charge is 0.243 e. The normalized spacial score (nSPS) is 12.0. The van der Waals surface area contributed by atoms with Crippen LogP contribution in [-0.4, -0.2) is 32.4 Å². The molecule has 0 bridgehead atoms. The Hall–Kier alpha value is -1.21. The number of ether oxygens (including phenoxy) is 1. The van der Waals surface area contributed by atoms with Crippen molar-refractivity contribution in [3.63, 3.8) is 0 Å². The van der Waals surface area contributed by atoms with Crippen molar-refractivity contribution in [1.29, 1.82) is 0 Å². The molecule has 0 saturated heterocycles. The van der Waals surface area contributed by atoms with E-state index < -0.39 is 10.0 Å². The molecule has 1 aromatic heterocycles. The molecule has 0 spiro atoms. The number of benzene rings is 1. The number of hydrogen-bond donors (Lipinski definition) is 0. The van der Waals surface area contributed by atoms with Crippen molar-refractivity contribution in [2.75, 3.05) is 19.7 Å². The summed E-state index contributed by atoms with van der Waals surface area (Å²) >= 11 is 1.69. The van der Waals surface area contributed by atoms with Gasteiger partial charge in [-0.1, -0.05) is 26.0 Å². The molecule has 23 heavy (non-hydrogen) atoms. The van der Waals surface area contributed by atoms with E-state index in [1.54, 1.807) is 23.5 Å². The monoisotopic (exact) mass is 353 g/mol. The Morgan fingerprint density at radius 1 is 1.04 bits per heavy atom. The van der Waals surface area contributed by atoms with Crippen LogP contribution in [0.5, 0.6) is 0 Å². The van der Waals surface area contributed by atoms with E-state index in [1.807, 2.05) is 26.0 Å². The number of rotatable bonds is 9. The topological polar surface area (TPSA) is 46.6 Å². The standard InChI is InChI=1S/C17H23NO3S2/c1-3-18(4-2)23(19,20)17-7-5-15(6-8-17)13-21-11-9-16-10-12-22-14-16/h5-8,10,12,14H,3-4,9,11,13H2,1-2H3. The van der Waals surface area contributed by atoms with Gasteiger partial charge in [0.05, 0.1) is 18.1 Å². The van der Waals surface area contributed by atoms with Crippen molar-refractivity contribution >= 4 is 21.4 Å². The zero-order valence-corrected chi connectivity index (χ0v) is 15.2. The molecule has 0 amide bonds. The van der Waals surface area contributed by atoms with Crippen LogP contribution in [-0.2, 0) is 27.8 Å². The Morgan fingerprint density at radius 2 is 1.74 bits per heavy atom. The fourth-order valence-corrected chi connectivity index (χ4v) is 4.45.